The van der Waals surface area contributed by atoms with E-state index in [1.807, 2.05) is 13.8 Å². The van der Waals surface area contributed by atoms with Gasteiger partial charge in [0.05, 0.1) is 12.6 Å². The van der Waals surface area contributed by atoms with Crippen molar-refractivity contribution in [2.45, 2.75) is 64.5 Å². The molecule has 0 saturated carbocycles. The van der Waals surface area contributed by atoms with Crippen LogP contribution in [0.1, 0.15) is 62.7 Å². The molecule has 2 fully saturated rings. The van der Waals surface area contributed by atoms with E-state index < -0.39 is 6.04 Å². The fourth-order valence-corrected chi connectivity index (χ4v) is 4.58. The van der Waals surface area contributed by atoms with Gasteiger partial charge in [0.25, 0.3) is 5.91 Å². The van der Waals surface area contributed by atoms with Gasteiger partial charge in [0.15, 0.2) is 5.78 Å². The van der Waals surface area contributed by atoms with E-state index in [4.69, 9.17) is 5.73 Å². The second kappa shape index (κ2) is 10.6. The monoisotopic (exact) mass is 442 g/mol. The molecule has 0 radical (unpaired) electrons. The number of unbranched alkanes of at least 4 members (excludes halogenated alkanes) is 1. The summed E-state index contributed by atoms with van der Waals surface area (Å²) in [5.74, 6) is -0.172. The minimum absolute atomic E-state index is 0.0206. The van der Waals surface area contributed by atoms with Crippen molar-refractivity contribution in [2.24, 2.45) is 5.92 Å². The number of ketones is 1. The molecule has 3 amide bonds. The third-order valence-corrected chi connectivity index (χ3v) is 6.43. The van der Waals surface area contributed by atoms with Gasteiger partial charge < -0.3 is 20.9 Å². The molecule has 2 aliphatic rings. The summed E-state index contributed by atoms with van der Waals surface area (Å²) in [6.07, 6.45) is 3.84. The molecule has 8 nitrogen and oxygen atoms in total. The fourth-order valence-electron chi connectivity index (χ4n) is 4.58. The first-order chi connectivity index (χ1) is 15.3. The van der Waals surface area contributed by atoms with Crippen LogP contribution in [0.25, 0.3) is 0 Å². The van der Waals surface area contributed by atoms with Crippen molar-refractivity contribution in [3.05, 3.63) is 29.8 Å². The summed E-state index contributed by atoms with van der Waals surface area (Å²) in [4.78, 5) is 53.5. The smallest absolute Gasteiger partial charge is 0.251 e. The highest BCUT2D eigenvalue weighted by Crippen LogP contribution is 2.31. The van der Waals surface area contributed by atoms with E-state index in [9.17, 15) is 19.2 Å². The van der Waals surface area contributed by atoms with Gasteiger partial charge in [-0.1, -0.05) is 20.3 Å². The van der Waals surface area contributed by atoms with Crippen LogP contribution in [0.5, 0.6) is 0 Å². The number of nitrogen functional groups attached to an aromatic ring is 1. The number of fused-ring (bicyclic) bond motifs is 1. The fraction of sp³-hybridized carbons (Fsp3) is 0.583. The number of nitrogens with two attached hydrogens (primary N) is 1. The Morgan fingerprint density at radius 1 is 1.16 bits per heavy atom. The van der Waals surface area contributed by atoms with Crippen LogP contribution in [-0.4, -0.2) is 65.0 Å². The number of rotatable bonds is 9. The molecule has 2 saturated heterocycles. The van der Waals surface area contributed by atoms with Gasteiger partial charge in [-0.05, 0) is 49.4 Å². The van der Waals surface area contributed by atoms with Gasteiger partial charge in [0, 0.05) is 37.2 Å². The summed E-state index contributed by atoms with van der Waals surface area (Å²) in [7, 11) is 0. The van der Waals surface area contributed by atoms with Crippen LogP contribution in [0.3, 0.4) is 0 Å². The number of benzene rings is 1. The van der Waals surface area contributed by atoms with E-state index >= 15 is 0 Å². The van der Waals surface area contributed by atoms with E-state index in [1.165, 1.54) is 0 Å². The van der Waals surface area contributed by atoms with Crippen molar-refractivity contribution in [3.8, 4) is 0 Å². The van der Waals surface area contributed by atoms with Gasteiger partial charge in [-0.15, -0.1) is 0 Å². The first-order valence-corrected chi connectivity index (χ1v) is 11.6. The van der Waals surface area contributed by atoms with Crippen LogP contribution in [-0.2, 0) is 14.4 Å². The quantitative estimate of drug-likeness (QED) is 0.568. The Balaban J connectivity index is 1.46. The predicted octanol–water partition coefficient (Wildman–Crippen LogP) is 1.99. The summed E-state index contributed by atoms with van der Waals surface area (Å²) >= 11 is 0. The number of likely N-dealkylation sites (tertiary alicyclic amines) is 2. The van der Waals surface area contributed by atoms with Crippen molar-refractivity contribution in [1.82, 2.24) is 15.1 Å². The molecule has 174 valence electrons. The number of nitrogens with one attached hydrogen (secondary N) is 1. The highest BCUT2D eigenvalue weighted by Gasteiger charge is 2.50. The topological polar surface area (TPSA) is 113 Å². The highest BCUT2D eigenvalue weighted by atomic mass is 16.2. The van der Waals surface area contributed by atoms with E-state index in [1.54, 1.807) is 34.1 Å². The maximum Gasteiger partial charge on any atom is 0.251 e. The summed E-state index contributed by atoms with van der Waals surface area (Å²) in [5.41, 5.74) is 6.79. The average molecular weight is 443 g/mol. The Morgan fingerprint density at radius 3 is 2.56 bits per heavy atom. The SMILES string of the molecule is CCCCC(=O)N1CC(=O)C2C1CCN2C(=O)CC(C)CCNC(=O)c1ccc(N)cc1. The van der Waals surface area contributed by atoms with Gasteiger partial charge in [0.1, 0.15) is 6.04 Å². The summed E-state index contributed by atoms with van der Waals surface area (Å²) in [6.45, 7) is 5.10. The van der Waals surface area contributed by atoms with E-state index in [0.29, 0.717) is 50.0 Å². The Bertz CT molecular complexity index is 854. The Hall–Kier alpha value is -2.90. The molecule has 3 N–H and O–H groups in total. The standard InChI is InChI=1S/C24H34N4O4/c1-3-4-5-21(30)28-15-20(29)23-19(28)11-13-27(23)22(31)14-16(2)10-12-26-24(32)17-6-8-18(25)9-7-17/h6-9,16,19,23H,3-5,10-15,25H2,1-2H3,(H,26,32). The second-order valence-electron chi connectivity index (χ2n) is 8.96. The molecule has 2 aliphatic heterocycles. The minimum atomic E-state index is -0.495. The first-order valence-electron chi connectivity index (χ1n) is 11.6. The number of hydrogen-bond acceptors (Lipinski definition) is 5. The Kier molecular flexibility index (Phi) is 7.88. The molecule has 0 aliphatic carbocycles. The largest absolute Gasteiger partial charge is 0.399 e. The Labute approximate surface area is 189 Å². The lowest BCUT2D eigenvalue weighted by molar-refractivity contribution is -0.137. The number of Topliss-reactive ketones (excluding diaryl/α,β-unsaturated/α-hetero) is 1. The molecule has 0 spiro atoms. The van der Waals surface area contributed by atoms with Crippen molar-refractivity contribution in [1.29, 1.82) is 0 Å². The van der Waals surface area contributed by atoms with Gasteiger partial charge in [-0.25, -0.2) is 0 Å². The molecule has 3 atom stereocenters. The molecule has 2 heterocycles. The lowest BCUT2D eigenvalue weighted by Gasteiger charge is -2.25. The molecule has 32 heavy (non-hydrogen) atoms. The van der Waals surface area contributed by atoms with Crippen molar-refractivity contribution in [2.75, 3.05) is 25.4 Å². The van der Waals surface area contributed by atoms with Crippen molar-refractivity contribution < 1.29 is 19.2 Å². The van der Waals surface area contributed by atoms with Crippen molar-refractivity contribution >= 4 is 29.2 Å². The van der Waals surface area contributed by atoms with Crippen LogP contribution < -0.4 is 11.1 Å². The first kappa shape index (κ1) is 23.8. The predicted molar refractivity (Wildman–Crippen MR) is 122 cm³/mol. The highest BCUT2D eigenvalue weighted by molar-refractivity contribution is 5.97. The third kappa shape index (κ3) is 5.47. The van der Waals surface area contributed by atoms with Gasteiger partial charge >= 0.3 is 0 Å². The second-order valence-corrected chi connectivity index (χ2v) is 8.96. The van der Waals surface area contributed by atoms with Crippen molar-refractivity contribution in [3.63, 3.8) is 0 Å². The maximum atomic E-state index is 12.9. The molecule has 0 aromatic heterocycles. The molecule has 1 aromatic carbocycles. The molecule has 8 heteroatoms. The zero-order valence-corrected chi connectivity index (χ0v) is 19.0. The molecule has 3 rings (SSSR count). The number of carbonyl (C=O) groups is 4. The van der Waals surface area contributed by atoms with Gasteiger partial charge in [0.2, 0.25) is 11.8 Å². The van der Waals surface area contributed by atoms with E-state index in [0.717, 1.165) is 12.8 Å². The number of amides is 3. The average Bonchev–Trinajstić information content (AvgIpc) is 3.34. The number of anilines is 1. The van der Waals surface area contributed by atoms with Crippen LogP contribution >= 0.6 is 0 Å². The lowest BCUT2D eigenvalue weighted by Crippen LogP contribution is -2.44. The number of nitrogens with zero attached hydrogens (tertiary/aromatic N) is 2. The van der Waals surface area contributed by atoms with E-state index in [2.05, 4.69) is 5.32 Å². The maximum absolute atomic E-state index is 12.9. The molecular formula is C24H34N4O4. The molecule has 0 bridgehead atoms. The minimum Gasteiger partial charge on any atom is -0.399 e. The molecule has 3 unspecified atom stereocenters. The van der Waals surface area contributed by atoms with Gasteiger partial charge in [-0.3, -0.25) is 19.2 Å². The van der Waals surface area contributed by atoms with E-state index in [-0.39, 0.29) is 42.0 Å². The zero-order valence-electron chi connectivity index (χ0n) is 19.0. The summed E-state index contributed by atoms with van der Waals surface area (Å²) < 4.78 is 0. The van der Waals surface area contributed by atoms with Crippen LogP contribution in [0, 0.1) is 5.92 Å². The Morgan fingerprint density at radius 2 is 1.88 bits per heavy atom. The lowest BCUT2D eigenvalue weighted by atomic mass is 10.0. The summed E-state index contributed by atoms with van der Waals surface area (Å²) in [6, 6.07) is 6.05. The third-order valence-electron chi connectivity index (χ3n) is 6.43. The van der Waals surface area contributed by atoms with Crippen LogP contribution in [0.4, 0.5) is 5.69 Å². The zero-order chi connectivity index (χ0) is 23.3. The summed E-state index contributed by atoms with van der Waals surface area (Å²) in [5, 5.41) is 2.87. The normalized spacial score (nSPS) is 20.9. The van der Waals surface area contributed by atoms with Gasteiger partial charge in [-0.2, -0.15) is 0 Å². The number of hydrogen-bond donors (Lipinski definition) is 2. The molecular weight excluding hydrogens is 408 g/mol. The van der Waals surface area contributed by atoms with Crippen LogP contribution in [0.15, 0.2) is 24.3 Å². The van der Waals surface area contributed by atoms with Crippen LogP contribution in [0.2, 0.25) is 0 Å². The number of carbonyl (C=O) groups excluding carboxylic acids is 4. The molecule has 1 aromatic rings.